The number of nitrogens with zero attached hydrogens (tertiary/aromatic N) is 1. The average Bonchev–Trinajstić information content (AvgIpc) is 2.95. The molecule has 0 radical (unpaired) electrons. The van der Waals surface area contributed by atoms with Crippen LogP contribution in [0.5, 0.6) is 0 Å². The van der Waals surface area contributed by atoms with Gasteiger partial charge in [0.15, 0.2) is 0 Å². The third kappa shape index (κ3) is 2.90. The molecule has 3 atom stereocenters. The normalized spacial score (nSPS) is 29.4. The van der Waals surface area contributed by atoms with Crippen LogP contribution in [-0.2, 0) is 6.42 Å². The SMILES string of the molecule is CCCNCC1CCCC1C1CCCc2cccnc21. The molecule has 0 saturated heterocycles. The molecule has 3 rings (SSSR count). The number of rotatable bonds is 5. The van der Waals surface area contributed by atoms with E-state index in [-0.39, 0.29) is 0 Å². The van der Waals surface area contributed by atoms with Gasteiger partial charge in [-0.1, -0.05) is 19.4 Å². The molecule has 1 aromatic rings. The molecule has 1 fully saturated rings. The van der Waals surface area contributed by atoms with Crippen molar-refractivity contribution >= 4 is 0 Å². The van der Waals surface area contributed by atoms with Gasteiger partial charge in [-0.25, -0.2) is 0 Å². The van der Waals surface area contributed by atoms with Crippen molar-refractivity contribution in [2.75, 3.05) is 13.1 Å². The monoisotopic (exact) mass is 272 g/mol. The average molecular weight is 272 g/mol. The third-order valence-electron chi connectivity index (χ3n) is 5.31. The minimum Gasteiger partial charge on any atom is -0.316 e. The van der Waals surface area contributed by atoms with Gasteiger partial charge in [-0.2, -0.15) is 0 Å². The molecule has 1 aromatic heterocycles. The highest BCUT2D eigenvalue weighted by Gasteiger charge is 2.36. The fourth-order valence-electron chi connectivity index (χ4n) is 4.37. The first-order valence-corrected chi connectivity index (χ1v) is 8.54. The number of aromatic nitrogens is 1. The van der Waals surface area contributed by atoms with Crippen LogP contribution in [0.1, 0.15) is 62.6 Å². The largest absolute Gasteiger partial charge is 0.316 e. The second kappa shape index (κ2) is 6.71. The summed E-state index contributed by atoms with van der Waals surface area (Å²) in [6.45, 7) is 4.64. The van der Waals surface area contributed by atoms with Crippen LogP contribution < -0.4 is 5.32 Å². The molecule has 0 spiro atoms. The summed E-state index contributed by atoms with van der Waals surface area (Å²) in [5.74, 6) is 2.48. The summed E-state index contributed by atoms with van der Waals surface area (Å²) in [6, 6.07) is 4.41. The Hall–Kier alpha value is -0.890. The minimum atomic E-state index is 0.732. The van der Waals surface area contributed by atoms with Crippen molar-refractivity contribution < 1.29 is 0 Å². The first-order valence-electron chi connectivity index (χ1n) is 8.54. The van der Waals surface area contributed by atoms with Gasteiger partial charge in [-0.05, 0) is 75.1 Å². The van der Waals surface area contributed by atoms with Crippen LogP contribution in [0.25, 0.3) is 0 Å². The van der Waals surface area contributed by atoms with Gasteiger partial charge in [0, 0.05) is 17.8 Å². The van der Waals surface area contributed by atoms with E-state index in [0.717, 1.165) is 17.8 Å². The summed E-state index contributed by atoms with van der Waals surface area (Å²) >= 11 is 0. The van der Waals surface area contributed by atoms with E-state index in [4.69, 9.17) is 4.98 Å². The minimum absolute atomic E-state index is 0.732. The Balaban J connectivity index is 1.72. The molecule has 1 N–H and O–H groups in total. The first-order chi connectivity index (χ1) is 9.90. The molecule has 1 heterocycles. The van der Waals surface area contributed by atoms with Crippen LogP contribution in [0.4, 0.5) is 0 Å². The van der Waals surface area contributed by atoms with Crippen molar-refractivity contribution in [3.63, 3.8) is 0 Å². The molecular formula is C18H28N2. The van der Waals surface area contributed by atoms with Gasteiger partial charge in [0.1, 0.15) is 0 Å². The number of nitrogens with one attached hydrogen (secondary N) is 1. The van der Waals surface area contributed by atoms with E-state index >= 15 is 0 Å². The van der Waals surface area contributed by atoms with Crippen molar-refractivity contribution in [3.05, 3.63) is 29.6 Å². The molecule has 0 aromatic carbocycles. The highest BCUT2D eigenvalue weighted by atomic mass is 14.9. The molecule has 2 aliphatic rings. The van der Waals surface area contributed by atoms with Crippen molar-refractivity contribution in [3.8, 4) is 0 Å². The van der Waals surface area contributed by atoms with Crippen LogP contribution in [0, 0.1) is 11.8 Å². The first kappa shape index (κ1) is 14.1. The molecule has 20 heavy (non-hydrogen) atoms. The lowest BCUT2D eigenvalue weighted by Gasteiger charge is -2.32. The molecule has 1 saturated carbocycles. The van der Waals surface area contributed by atoms with Gasteiger partial charge in [-0.3, -0.25) is 4.98 Å². The topological polar surface area (TPSA) is 24.9 Å². The van der Waals surface area contributed by atoms with Gasteiger partial charge < -0.3 is 5.32 Å². The molecule has 0 amide bonds. The third-order valence-corrected chi connectivity index (χ3v) is 5.31. The van der Waals surface area contributed by atoms with Gasteiger partial charge in [-0.15, -0.1) is 0 Å². The van der Waals surface area contributed by atoms with Crippen molar-refractivity contribution in [1.82, 2.24) is 10.3 Å². The van der Waals surface area contributed by atoms with E-state index in [0.29, 0.717) is 0 Å². The van der Waals surface area contributed by atoms with Crippen LogP contribution >= 0.6 is 0 Å². The fourth-order valence-corrected chi connectivity index (χ4v) is 4.37. The summed E-state index contributed by atoms with van der Waals surface area (Å²) in [6.07, 6.45) is 11.4. The van der Waals surface area contributed by atoms with Crippen LogP contribution in [0.3, 0.4) is 0 Å². The van der Waals surface area contributed by atoms with Crippen molar-refractivity contribution in [2.24, 2.45) is 11.8 Å². The predicted octanol–water partition coefficient (Wildman–Crippen LogP) is 3.92. The number of aryl methyl sites for hydroxylation is 1. The number of pyridine rings is 1. The van der Waals surface area contributed by atoms with E-state index < -0.39 is 0 Å². The summed E-state index contributed by atoms with van der Waals surface area (Å²) < 4.78 is 0. The molecular weight excluding hydrogens is 244 g/mol. The van der Waals surface area contributed by atoms with E-state index in [9.17, 15) is 0 Å². The Kier molecular flexibility index (Phi) is 4.72. The zero-order valence-electron chi connectivity index (χ0n) is 12.8. The second-order valence-corrected chi connectivity index (χ2v) is 6.61. The molecule has 2 aliphatic carbocycles. The smallest absolute Gasteiger partial charge is 0.0469 e. The van der Waals surface area contributed by atoms with Gasteiger partial charge in [0.2, 0.25) is 0 Å². The Labute approximate surface area is 123 Å². The summed E-state index contributed by atoms with van der Waals surface area (Å²) in [5, 5.41) is 3.65. The number of hydrogen-bond donors (Lipinski definition) is 1. The molecule has 2 nitrogen and oxygen atoms in total. The molecule has 0 bridgehead atoms. The lowest BCUT2D eigenvalue weighted by Crippen LogP contribution is -2.30. The van der Waals surface area contributed by atoms with Crippen LogP contribution in [0.2, 0.25) is 0 Å². The molecule has 110 valence electrons. The molecule has 2 heteroatoms. The van der Waals surface area contributed by atoms with Gasteiger partial charge in [0.05, 0.1) is 0 Å². The number of fused-ring (bicyclic) bond motifs is 1. The highest BCUT2D eigenvalue weighted by Crippen LogP contribution is 2.45. The van der Waals surface area contributed by atoms with Crippen molar-refractivity contribution in [2.45, 2.75) is 57.8 Å². The Morgan fingerprint density at radius 2 is 2.20 bits per heavy atom. The van der Waals surface area contributed by atoms with E-state index in [1.165, 1.54) is 69.3 Å². The maximum atomic E-state index is 4.76. The zero-order valence-corrected chi connectivity index (χ0v) is 12.8. The summed E-state index contributed by atoms with van der Waals surface area (Å²) in [7, 11) is 0. The van der Waals surface area contributed by atoms with Gasteiger partial charge >= 0.3 is 0 Å². The van der Waals surface area contributed by atoms with Crippen LogP contribution in [0.15, 0.2) is 18.3 Å². The van der Waals surface area contributed by atoms with Crippen LogP contribution in [-0.4, -0.2) is 18.1 Å². The molecule has 3 unspecified atom stereocenters. The zero-order chi connectivity index (χ0) is 13.8. The Morgan fingerprint density at radius 3 is 3.10 bits per heavy atom. The van der Waals surface area contributed by atoms with E-state index in [1.807, 2.05) is 6.20 Å². The van der Waals surface area contributed by atoms with E-state index in [2.05, 4.69) is 24.4 Å². The fraction of sp³-hybridized carbons (Fsp3) is 0.722. The lowest BCUT2D eigenvalue weighted by molar-refractivity contribution is 0.286. The standard InChI is InChI=1S/C18H28N2/c1-2-11-19-13-15-7-4-9-16(15)17-10-3-6-14-8-5-12-20-18(14)17/h5,8,12,15-17,19H,2-4,6-7,9-11,13H2,1H3. The predicted molar refractivity (Wildman–Crippen MR) is 83.9 cm³/mol. The Bertz CT molecular complexity index is 429. The van der Waals surface area contributed by atoms with E-state index in [1.54, 1.807) is 0 Å². The quantitative estimate of drug-likeness (QED) is 0.822. The second-order valence-electron chi connectivity index (χ2n) is 6.61. The lowest BCUT2D eigenvalue weighted by atomic mass is 9.74. The Morgan fingerprint density at radius 1 is 1.25 bits per heavy atom. The highest BCUT2D eigenvalue weighted by molar-refractivity contribution is 5.27. The number of hydrogen-bond acceptors (Lipinski definition) is 2. The summed E-state index contributed by atoms with van der Waals surface area (Å²) in [5.41, 5.74) is 2.96. The maximum Gasteiger partial charge on any atom is 0.0469 e. The van der Waals surface area contributed by atoms with Gasteiger partial charge in [0.25, 0.3) is 0 Å². The summed E-state index contributed by atoms with van der Waals surface area (Å²) in [4.78, 5) is 4.76. The maximum absolute atomic E-state index is 4.76. The van der Waals surface area contributed by atoms with Crippen molar-refractivity contribution in [1.29, 1.82) is 0 Å². The molecule has 0 aliphatic heterocycles.